The fourth-order valence-electron chi connectivity index (χ4n) is 5.40. The molecular weight excluding hydrogens is 546 g/mol. The predicted octanol–water partition coefficient (Wildman–Crippen LogP) is 5.12. The number of hydrogen-bond acceptors (Lipinski definition) is 7. The number of carbonyl (C=O) groups excluding carboxylic acids is 1. The van der Waals surface area contributed by atoms with Gasteiger partial charge in [0.2, 0.25) is 10.0 Å². The van der Waals surface area contributed by atoms with Crippen LogP contribution in [0.2, 0.25) is 0 Å². The lowest BCUT2D eigenvalue weighted by Gasteiger charge is -2.38. The zero-order valence-corrected chi connectivity index (χ0v) is 24.7. The van der Waals surface area contributed by atoms with Crippen molar-refractivity contribution < 1.29 is 22.9 Å². The van der Waals surface area contributed by atoms with Crippen molar-refractivity contribution in [1.82, 2.24) is 18.8 Å². The van der Waals surface area contributed by atoms with Crippen LogP contribution in [0.15, 0.2) is 53.4 Å². The molecule has 0 saturated carbocycles. The zero-order chi connectivity index (χ0) is 29.7. The van der Waals surface area contributed by atoms with Gasteiger partial charge in [-0.05, 0) is 44.4 Å². The van der Waals surface area contributed by atoms with Crippen molar-refractivity contribution in [2.24, 2.45) is 0 Å². The number of sulfonamides is 1. The Labute approximate surface area is 239 Å². The van der Waals surface area contributed by atoms with E-state index in [4.69, 9.17) is 9.72 Å². The summed E-state index contributed by atoms with van der Waals surface area (Å²) in [5, 5.41) is 11.1. The quantitative estimate of drug-likeness (QED) is 0.302. The normalized spacial score (nSPS) is 17.7. The molecular formula is C29H35N5O6S. The van der Waals surface area contributed by atoms with Crippen molar-refractivity contribution in [1.29, 1.82) is 0 Å². The molecule has 0 aliphatic carbocycles. The molecule has 0 radical (unpaired) electrons. The van der Waals surface area contributed by atoms with Gasteiger partial charge in [0, 0.05) is 50.3 Å². The molecule has 41 heavy (non-hydrogen) atoms. The van der Waals surface area contributed by atoms with Gasteiger partial charge >= 0.3 is 6.09 Å². The van der Waals surface area contributed by atoms with E-state index in [9.17, 15) is 23.3 Å². The number of nitrogens with zero attached hydrogens (tertiary/aromatic N) is 5. The van der Waals surface area contributed by atoms with Gasteiger partial charge < -0.3 is 14.2 Å². The molecule has 0 unspecified atom stereocenters. The first-order valence-corrected chi connectivity index (χ1v) is 15.1. The van der Waals surface area contributed by atoms with Crippen molar-refractivity contribution in [3.05, 3.63) is 75.6 Å². The van der Waals surface area contributed by atoms with Crippen molar-refractivity contribution in [2.75, 3.05) is 19.6 Å². The van der Waals surface area contributed by atoms with Gasteiger partial charge in [-0.2, -0.15) is 4.31 Å². The number of ether oxygens (including phenoxy) is 1. The highest BCUT2D eigenvalue weighted by molar-refractivity contribution is 7.89. The molecule has 1 amide bonds. The van der Waals surface area contributed by atoms with Crippen molar-refractivity contribution in [2.45, 2.75) is 70.0 Å². The summed E-state index contributed by atoms with van der Waals surface area (Å²) in [7, 11) is -4.07. The molecule has 11 nitrogen and oxygen atoms in total. The Morgan fingerprint density at radius 3 is 2.29 bits per heavy atom. The van der Waals surface area contributed by atoms with Crippen LogP contribution in [0.25, 0.3) is 11.4 Å². The Morgan fingerprint density at radius 2 is 1.71 bits per heavy atom. The van der Waals surface area contributed by atoms with Crippen molar-refractivity contribution >= 4 is 21.8 Å². The Kier molecular flexibility index (Phi) is 7.41. The first-order chi connectivity index (χ1) is 19.3. The summed E-state index contributed by atoms with van der Waals surface area (Å²) in [6, 6.07) is 12.4. The lowest BCUT2D eigenvalue weighted by molar-refractivity contribution is -0.384. The fourth-order valence-corrected chi connectivity index (χ4v) is 6.97. The van der Waals surface area contributed by atoms with Crippen molar-refractivity contribution in [3.8, 4) is 11.4 Å². The molecule has 2 aromatic carbocycles. The lowest BCUT2D eigenvalue weighted by atomic mass is 10.0. The largest absolute Gasteiger partial charge is 0.444 e. The minimum Gasteiger partial charge on any atom is -0.444 e. The van der Waals surface area contributed by atoms with Gasteiger partial charge in [0.15, 0.2) is 0 Å². The minimum absolute atomic E-state index is 0.0461. The number of aromatic nitrogens is 2. The average molecular weight is 582 g/mol. The molecule has 12 heteroatoms. The molecule has 0 N–H and O–H groups in total. The maximum atomic E-state index is 14.0. The second kappa shape index (κ2) is 10.6. The van der Waals surface area contributed by atoms with Crippen LogP contribution >= 0.6 is 0 Å². The van der Waals surface area contributed by atoms with Crippen molar-refractivity contribution in [3.63, 3.8) is 0 Å². The van der Waals surface area contributed by atoms with Crippen LogP contribution in [0.1, 0.15) is 63.5 Å². The van der Waals surface area contributed by atoms with E-state index in [1.54, 1.807) is 25.7 Å². The molecule has 2 aliphatic heterocycles. The van der Waals surface area contributed by atoms with Crippen LogP contribution in [0.3, 0.4) is 0 Å². The van der Waals surface area contributed by atoms with Crippen LogP contribution in [0.5, 0.6) is 0 Å². The van der Waals surface area contributed by atoms with Gasteiger partial charge in [-0.15, -0.1) is 0 Å². The van der Waals surface area contributed by atoms with E-state index >= 15 is 0 Å². The summed E-state index contributed by atoms with van der Waals surface area (Å²) in [6.07, 6.45) is -0.0717. The van der Waals surface area contributed by atoms with E-state index < -0.39 is 32.7 Å². The molecule has 5 rings (SSSR count). The summed E-state index contributed by atoms with van der Waals surface area (Å²) in [5.41, 5.74) is 2.75. The lowest BCUT2D eigenvalue weighted by Crippen LogP contribution is -2.48. The van der Waals surface area contributed by atoms with E-state index in [2.05, 4.69) is 30.5 Å². The maximum absolute atomic E-state index is 14.0. The Hall–Kier alpha value is -3.77. The highest BCUT2D eigenvalue weighted by Crippen LogP contribution is 2.39. The molecule has 2 aliphatic rings. The van der Waals surface area contributed by atoms with Gasteiger partial charge in [-0.3, -0.25) is 10.1 Å². The van der Waals surface area contributed by atoms with Crippen LogP contribution < -0.4 is 0 Å². The second-order valence-electron chi connectivity index (χ2n) is 11.8. The SMILES string of the molecule is CC(C)c1ccc(-c2nc3c4n2CCN(S(=O)(=O)c2ccc([N+](=O)[O-])cc2)[C@@H]4CN(C(=O)OC(C)(C)C)CC3)cc1. The molecule has 1 aromatic heterocycles. The Bertz CT molecular complexity index is 1570. The molecule has 218 valence electrons. The smallest absolute Gasteiger partial charge is 0.410 e. The second-order valence-corrected chi connectivity index (χ2v) is 13.6. The van der Waals surface area contributed by atoms with E-state index in [0.29, 0.717) is 25.4 Å². The number of nitro benzene ring substituents is 1. The number of benzene rings is 2. The van der Waals surface area contributed by atoms with Gasteiger partial charge in [-0.25, -0.2) is 18.2 Å². The van der Waals surface area contributed by atoms with Crippen LogP contribution in [0.4, 0.5) is 10.5 Å². The summed E-state index contributed by atoms with van der Waals surface area (Å²) in [6.45, 7) is 10.6. The molecule has 0 fully saturated rings. The van der Waals surface area contributed by atoms with E-state index in [1.807, 2.05) is 12.1 Å². The van der Waals surface area contributed by atoms with Gasteiger partial charge in [0.25, 0.3) is 5.69 Å². The molecule has 0 saturated heterocycles. The third-order valence-electron chi connectivity index (χ3n) is 7.44. The average Bonchev–Trinajstić information content (AvgIpc) is 3.17. The predicted molar refractivity (Wildman–Crippen MR) is 153 cm³/mol. The highest BCUT2D eigenvalue weighted by Gasteiger charge is 2.43. The number of amides is 1. The summed E-state index contributed by atoms with van der Waals surface area (Å²) in [4.78, 5) is 30.2. The summed E-state index contributed by atoms with van der Waals surface area (Å²) in [5.74, 6) is 1.16. The Balaban J connectivity index is 1.58. The number of rotatable bonds is 5. The van der Waals surface area contributed by atoms with E-state index in [-0.39, 0.29) is 23.7 Å². The summed E-state index contributed by atoms with van der Waals surface area (Å²) < 4.78 is 37.0. The third kappa shape index (κ3) is 5.58. The van der Waals surface area contributed by atoms with E-state index in [1.165, 1.54) is 34.1 Å². The van der Waals surface area contributed by atoms with E-state index in [0.717, 1.165) is 22.8 Å². The Morgan fingerprint density at radius 1 is 1.05 bits per heavy atom. The van der Waals surface area contributed by atoms with Gasteiger partial charge in [0.1, 0.15) is 11.4 Å². The fraction of sp³-hybridized carbons (Fsp3) is 0.448. The standard InChI is InChI=1S/C29H35N5O6S/c1-19(2)20-6-8-21(9-7-20)27-30-24-14-15-31(28(35)40-29(3,4)5)18-25-26(24)32(27)16-17-33(25)41(38,39)23-12-10-22(11-13-23)34(36)37/h6-13,19,25H,14-18H2,1-5H3/t25-/m1/s1. The number of imidazole rings is 1. The molecule has 3 aromatic rings. The maximum Gasteiger partial charge on any atom is 0.410 e. The molecule has 1 atom stereocenters. The topological polar surface area (TPSA) is 128 Å². The first-order valence-electron chi connectivity index (χ1n) is 13.7. The number of non-ortho nitro benzene ring substituents is 1. The minimum atomic E-state index is -4.07. The first kappa shape index (κ1) is 28.7. The number of nitro groups is 1. The van der Waals surface area contributed by atoms with Crippen LogP contribution in [-0.2, 0) is 27.7 Å². The monoisotopic (exact) mass is 581 g/mol. The highest BCUT2D eigenvalue weighted by atomic mass is 32.2. The van der Waals surface area contributed by atoms with Gasteiger partial charge in [0.05, 0.1) is 27.2 Å². The number of hydrogen-bond donors (Lipinski definition) is 0. The van der Waals surface area contributed by atoms with Gasteiger partial charge in [-0.1, -0.05) is 38.1 Å². The number of carbonyl (C=O) groups is 1. The van der Waals surface area contributed by atoms with Crippen LogP contribution in [0, 0.1) is 10.1 Å². The third-order valence-corrected chi connectivity index (χ3v) is 9.37. The summed E-state index contributed by atoms with van der Waals surface area (Å²) >= 11 is 0. The molecule has 0 spiro atoms. The van der Waals surface area contributed by atoms with Crippen LogP contribution in [-0.4, -0.2) is 63.4 Å². The molecule has 3 heterocycles. The zero-order valence-electron chi connectivity index (χ0n) is 23.9. The molecule has 0 bridgehead atoms.